The molecule has 0 amide bonds. The summed E-state index contributed by atoms with van der Waals surface area (Å²) in [5.41, 5.74) is 14.7. The molecule has 0 fully saturated rings. The second-order valence-corrected chi connectivity index (χ2v) is 2.84. The molecule has 0 aliphatic rings. The number of hydrogen-bond donors (Lipinski definition) is 3. The first-order chi connectivity index (χ1) is 5.66. The summed E-state index contributed by atoms with van der Waals surface area (Å²) < 4.78 is 0. The second-order valence-electron chi connectivity index (χ2n) is 2.84. The molecule has 0 heterocycles. The number of nitrogens with two attached hydrogens (primary N) is 2. The van der Waals surface area contributed by atoms with E-state index in [-0.39, 0.29) is 6.61 Å². The molecule has 1 rings (SSSR count). The second kappa shape index (κ2) is 3.45. The van der Waals surface area contributed by atoms with Gasteiger partial charge in [0.1, 0.15) is 0 Å². The Hall–Kier alpha value is -1.22. The van der Waals surface area contributed by atoms with E-state index < -0.39 is 0 Å². The summed E-state index contributed by atoms with van der Waals surface area (Å²) in [6, 6.07) is 3.70. The lowest BCUT2D eigenvalue weighted by atomic mass is 10.0. The minimum atomic E-state index is 0.0812. The SMILES string of the molecule is Cc1ccc(N)c(CCO)c1N. The lowest BCUT2D eigenvalue weighted by Gasteiger charge is -2.09. The molecule has 0 aliphatic heterocycles. The molecular weight excluding hydrogens is 152 g/mol. The van der Waals surface area contributed by atoms with Crippen LogP contribution < -0.4 is 11.5 Å². The molecule has 0 saturated carbocycles. The standard InChI is InChI=1S/C9H14N2O/c1-6-2-3-8(10)7(4-5-12)9(6)11/h2-3,12H,4-5,10-11H2,1H3. The van der Waals surface area contributed by atoms with E-state index in [0.717, 1.165) is 11.1 Å². The number of aryl methyl sites for hydroxylation is 1. The minimum absolute atomic E-state index is 0.0812. The van der Waals surface area contributed by atoms with Gasteiger partial charge in [0.25, 0.3) is 0 Å². The third-order valence-electron chi connectivity index (χ3n) is 1.97. The predicted molar refractivity (Wildman–Crippen MR) is 50.8 cm³/mol. The van der Waals surface area contributed by atoms with E-state index in [9.17, 15) is 0 Å². The largest absolute Gasteiger partial charge is 0.398 e. The lowest BCUT2D eigenvalue weighted by molar-refractivity contribution is 0.300. The van der Waals surface area contributed by atoms with E-state index in [4.69, 9.17) is 16.6 Å². The normalized spacial score (nSPS) is 10.2. The van der Waals surface area contributed by atoms with Gasteiger partial charge in [0, 0.05) is 23.5 Å². The first-order valence-electron chi connectivity index (χ1n) is 3.91. The Bertz CT molecular complexity index is 284. The van der Waals surface area contributed by atoms with Gasteiger partial charge in [-0.3, -0.25) is 0 Å². The summed E-state index contributed by atoms with van der Waals surface area (Å²) in [5.74, 6) is 0. The summed E-state index contributed by atoms with van der Waals surface area (Å²) in [6.07, 6.45) is 0.527. The number of benzene rings is 1. The average molecular weight is 166 g/mol. The molecule has 12 heavy (non-hydrogen) atoms. The fourth-order valence-electron chi connectivity index (χ4n) is 1.19. The maximum atomic E-state index is 8.75. The summed E-state index contributed by atoms with van der Waals surface area (Å²) in [5, 5.41) is 8.75. The Morgan fingerprint density at radius 3 is 2.58 bits per heavy atom. The summed E-state index contributed by atoms with van der Waals surface area (Å²) >= 11 is 0. The van der Waals surface area contributed by atoms with Gasteiger partial charge in [0.05, 0.1) is 0 Å². The number of rotatable bonds is 2. The zero-order valence-electron chi connectivity index (χ0n) is 7.17. The molecule has 5 N–H and O–H groups in total. The molecule has 0 aliphatic carbocycles. The molecule has 0 spiro atoms. The van der Waals surface area contributed by atoms with Crippen molar-refractivity contribution in [3.8, 4) is 0 Å². The number of anilines is 2. The van der Waals surface area contributed by atoms with Crippen LogP contribution in [0.15, 0.2) is 12.1 Å². The van der Waals surface area contributed by atoms with E-state index in [0.29, 0.717) is 17.8 Å². The third kappa shape index (κ3) is 1.51. The van der Waals surface area contributed by atoms with Gasteiger partial charge in [-0.2, -0.15) is 0 Å². The highest BCUT2D eigenvalue weighted by Gasteiger charge is 2.04. The average Bonchev–Trinajstić information content (AvgIpc) is 2.06. The van der Waals surface area contributed by atoms with Crippen LogP contribution in [0.25, 0.3) is 0 Å². The highest BCUT2D eigenvalue weighted by atomic mass is 16.2. The van der Waals surface area contributed by atoms with Gasteiger partial charge in [-0.25, -0.2) is 0 Å². The molecule has 0 saturated heterocycles. The van der Waals surface area contributed by atoms with Crippen molar-refractivity contribution in [2.24, 2.45) is 0 Å². The summed E-state index contributed by atoms with van der Waals surface area (Å²) in [6.45, 7) is 2.01. The Balaban J connectivity index is 3.14. The molecule has 1 aromatic rings. The maximum Gasteiger partial charge on any atom is 0.0473 e. The van der Waals surface area contributed by atoms with Gasteiger partial charge in [0.15, 0.2) is 0 Å². The van der Waals surface area contributed by atoms with Crippen LogP contribution >= 0.6 is 0 Å². The van der Waals surface area contributed by atoms with Crippen molar-refractivity contribution in [3.63, 3.8) is 0 Å². The van der Waals surface area contributed by atoms with Crippen LogP contribution in [0.1, 0.15) is 11.1 Å². The fraction of sp³-hybridized carbons (Fsp3) is 0.333. The van der Waals surface area contributed by atoms with Crippen LogP contribution in [-0.2, 0) is 6.42 Å². The van der Waals surface area contributed by atoms with Crippen LogP contribution in [-0.4, -0.2) is 11.7 Å². The minimum Gasteiger partial charge on any atom is -0.398 e. The smallest absolute Gasteiger partial charge is 0.0473 e. The van der Waals surface area contributed by atoms with Crippen LogP contribution in [0.4, 0.5) is 11.4 Å². The quantitative estimate of drug-likeness (QED) is 0.566. The molecule has 0 aromatic heterocycles. The zero-order valence-corrected chi connectivity index (χ0v) is 7.17. The van der Waals surface area contributed by atoms with Crippen molar-refractivity contribution in [2.45, 2.75) is 13.3 Å². The van der Waals surface area contributed by atoms with Crippen molar-refractivity contribution >= 4 is 11.4 Å². The van der Waals surface area contributed by atoms with Crippen molar-refractivity contribution < 1.29 is 5.11 Å². The van der Waals surface area contributed by atoms with Crippen molar-refractivity contribution in [3.05, 3.63) is 23.3 Å². The molecule has 66 valence electrons. The Morgan fingerprint density at radius 2 is 2.00 bits per heavy atom. The predicted octanol–water partition coefficient (Wildman–Crippen LogP) is 0.694. The number of aliphatic hydroxyl groups is 1. The highest BCUT2D eigenvalue weighted by molar-refractivity contribution is 5.65. The molecular formula is C9H14N2O. The van der Waals surface area contributed by atoms with Gasteiger partial charge < -0.3 is 16.6 Å². The first kappa shape index (κ1) is 8.87. The van der Waals surface area contributed by atoms with Crippen LogP contribution in [0.5, 0.6) is 0 Å². The summed E-state index contributed by atoms with van der Waals surface area (Å²) in [4.78, 5) is 0. The van der Waals surface area contributed by atoms with Gasteiger partial charge in [-0.1, -0.05) is 6.07 Å². The van der Waals surface area contributed by atoms with Gasteiger partial charge in [-0.05, 0) is 25.0 Å². The Morgan fingerprint density at radius 1 is 1.33 bits per heavy atom. The van der Waals surface area contributed by atoms with Crippen molar-refractivity contribution in [1.82, 2.24) is 0 Å². The molecule has 0 radical (unpaired) electrons. The van der Waals surface area contributed by atoms with E-state index >= 15 is 0 Å². The van der Waals surface area contributed by atoms with Gasteiger partial charge in [0.2, 0.25) is 0 Å². The first-order valence-corrected chi connectivity index (χ1v) is 3.91. The lowest BCUT2D eigenvalue weighted by Crippen LogP contribution is -2.04. The zero-order chi connectivity index (χ0) is 9.14. The highest BCUT2D eigenvalue weighted by Crippen LogP contribution is 2.23. The number of nitrogen functional groups attached to an aromatic ring is 2. The topological polar surface area (TPSA) is 72.3 Å². The molecule has 0 bridgehead atoms. The van der Waals surface area contributed by atoms with Crippen molar-refractivity contribution in [2.75, 3.05) is 18.1 Å². The number of aliphatic hydroxyl groups excluding tert-OH is 1. The van der Waals surface area contributed by atoms with E-state index in [2.05, 4.69) is 0 Å². The van der Waals surface area contributed by atoms with Crippen LogP contribution in [0, 0.1) is 6.92 Å². The molecule has 3 nitrogen and oxygen atoms in total. The van der Waals surface area contributed by atoms with E-state index in [1.807, 2.05) is 19.1 Å². The third-order valence-corrected chi connectivity index (χ3v) is 1.97. The van der Waals surface area contributed by atoms with E-state index in [1.165, 1.54) is 0 Å². The summed E-state index contributed by atoms with van der Waals surface area (Å²) in [7, 11) is 0. The Kier molecular flexibility index (Phi) is 2.55. The van der Waals surface area contributed by atoms with Crippen LogP contribution in [0.3, 0.4) is 0 Å². The Labute approximate surface area is 72.0 Å². The van der Waals surface area contributed by atoms with Crippen molar-refractivity contribution in [1.29, 1.82) is 0 Å². The molecule has 3 heteroatoms. The van der Waals surface area contributed by atoms with Gasteiger partial charge in [-0.15, -0.1) is 0 Å². The molecule has 0 atom stereocenters. The monoisotopic (exact) mass is 166 g/mol. The maximum absolute atomic E-state index is 8.75. The van der Waals surface area contributed by atoms with Gasteiger partial charge >= 0.3 is 0 Å². The van der Waals surface area contributed by atoms with E-state index in [1.54, 1.807) is 0 Å². The van der Waals surface area contributed by atoms with Crippen LogP contribution in [0.2, 0.25) is 0 Å². The molecule has 1 aromatic carbocycles. The molecule has 0 unspecified atom stereocenters. The number of hydrogen-bond acceptors (Lipinski definition) is 3. The fourth-order valence-corrected chi connectivity index (χ4v) is 1.19.